The van der Waals surface area contributed by atoms with Crippen molar-refractivity contribution in [1.29, 1.82) is 0 Å². The van der Waals surface area contributed by atoms with Gasteiger partial charge in [-0.05, 0) is 56.6 Å². The maximum atomic E-state index is 12.2. The molecule has 7 heteroatoms. The van der Waals surface area contributed by atoms with Gasteiger partial charge in [0, 0.05) is 13.1 Å². The zero-order chi connectivity index (χ0) is 15.3. The predicted octanol–water partition coefficient (Wildman–Crippen LogP) is 3.44. The summed E-state index contributed by atoms with van der Waals surface area (Å²) in [6, 6.07) is 6.19. The third-order valence-corrected chi connectivity index (χ3v) is 3.61. The van der Waals surface area contributed by atoms with Crippen molar-refractivity contribution in [3.8, 4) is 5.75 Å². The highest BCUT2D eigenvalue weighted by molar-refractivity contribution is 5.85. The van der Waals surface area contributed by atoms with E-state index in [0.717, 1.165) is 38.0 Å². The van der Waals surface area contributed by atoms with Crippen molar-refractivity contribution in [3.05, 3.63) is 29.8 Å². The van der Waals surface area contributed by atoms with Gasteiger partial charge in [-0.2, -0.15) is 0 Å². The highest BCUT2D eigenvalue weighted by Crippen LogP contribution is 2.24. The van der Waals surface area contributed by atoms with Gasteiger partial charge in [-0.3, -0.25) is 0 Å². The normalized spacial score (nSPS) is 16.4. The molecule has 22 heavy (non-hydrogen) atoms. The summed E-state index contributed by atoms with van der Waals surface area (Å²) in [6.45, 7) is 3.69. The fourth-order valence-corrected chi connectivity index (χ4v) is 2.72. The van der Waals surface area contributed by atoms with Crippen LogP contribution >= 0.6 is 12.4 Å². The Hall–Kier alpha value is -0.980. The molecule has 3 nitrogen and oxygen atoms in total. The third-order valence-electron chi connectivity index (χ3n) is 3.61. The largest absolute Gasteiger partial charge is 0.573 e. The van der Waals surface area contributed by atoms with E-state index in [2.05, 4.69) is 15.0 Å². The van der Waals surface area contributed by atoms with Crippen LogP contribution in [0.2, 0.25) is 0 Å². The molecule has 1 aliphatic heterocycles. The molecule has 1 aromatic carbocycles. The van der Waals surface area contributed by atoms with E-state index in [0.29, 0.717) is 12.5 Å². The Morgan fingerprint density at radius 1 is 1.27 bits per heavy atom. The van der Waals surface area contributed by atoms with Crippen molar-refractivity contribution in [2.24, 2.45) is 5.92 Å². The first-order valence-corrected chi connectivity index (χ1v) is 7.16. The molecule has 1 aliphatic rings. The van der Waals surface area contributed by atoms with E-state index in [1.807, 2.05) is 13.1 Å². The Morgan fingerprint density at radius 2 is 1.95 bits per heavy atom. The highest BCUT2D eigenvalue weighted by atomic mass is 35.5. The second kappa shape index (κ2) is 8.60. The lowest BCUT2D eigenvalue weighted by Gasteiger charge is -2.27. The fraction of sp³-hybridized carbons (Fsp3) is 0.600. The third kappa shape index (κ3) is 6.85. The molecular formula is C15H22ClF3N2O. The van der Waals surface area contributed by atoms with Crippen LogP contribution in [0, 0.1) is 5.92 Å². The lowest BCUT2D eigenvalue weighted by atomic mass is 9.97. The van der Waals surface area contributed by atoms with Crippen LogP contribution in [0.15, 0.2) is 24.3 Å². The average Bonchev–Trinajstić information content (AvgIpc) is 2.38. The van der Waals surface area contributed by atoms with Crippen molar-refractivity contribution in [2.45, 2.75) is 25.7 Å². The monoisotopic (exact) mass is 338 g/mol. The summed E-state index contributed by atoms with van der Waals surface area (Å²) in [5.74, 6) is 0.501. The molecule has 0 spiro atoms. The molecule has 126 valence electrons. The average molecular weight is 339 g/mol. The number of hydrogen-bond donors (Lipinski definition) is 1. The molecule has 0 amide bonds. The van der Waals surface area contributed by atoms with Crippen LogP contribution in [-0.2, 0) is 6.54 Å². The number of hydrogen-bond acceptors (Lipinski definition) is 3. The molecule has 0 saturated carbocycles. The topological polar surface area (TPSA) is 24.5 Å². The first-order chi connectivity index (χ1) is 9.92. The van der Waals surface area contributed by atoms with E-state index >= 15 is 0 Å². The van der Waals surface area contributed by atoms with Crippen LogP contribution in [0.4, 0.5) is 13.2 Å². The summed E-state index contributed by atoms with van der Waals surface area (Å²) in [7, 11) is 2.00. The van der Waals surface area contributed by atoms with Crippen molar-refractivity contribution >= 4 is 12.4 Å². The van der Waals surface area contributed by atoms with Gasteiger partial charge in [0.2, 0.25) is 0 Å². The van der Waals surface area contributed by atoms with Crippen molar-refractivity contribution in [2.75, 3.05) is 26.7 Å². The van der Waals surface area contributed by atoms with Gasteiger partial charge >= 0.3 is 6.36 Å². The Kier molecular flexibility index (Phi) is 7.45. The SMILES string of the molecule is CN(Cc1cccc(OC(F)(F)F)c1)CC1CCNCC1.Cl. The quantitative estimate of drug-likeness (QED) is 0.890. The number of benzene rings is 1. The van der Waals surface area contributed by atoms with Gasteiger partial charge in [0.1, 0.15) is 5.75 Å². The van der Waals surface area contributed by atoms with Gasteiger partial charge in [0.05, 0.1) is 0 Å². The smallest absolute Gasteiger partial charge is 0.406 e. The molecule has 0 atom stereocenters. The number of ether oxygens (including phenoxy) is 1. The molecule has 2 rings (SSSR count). The fourth-order valence-electron chi connectivity index (χ4n) is 2.72. The number of piperidine rings is 1. The Labute approximate surface area is 135 Å². The van der Waals surface area contributed by atoms with Crippen LogP contribution in [0.1, 0.15) is 18.4 Å². The summed E-state index contributed by atoms with van der Waals surface area (Å²) >= 11 is 0. The molecule has 1 N–H and O–H groups in total. The Bertz CT molecular complexity index is 451. The summed E-state index contributed by atoms with van der Waals surface area (Å²) < 4.78 is 40.6. The van der Waals surface area contributed by atoms with Gasteiger partial charge < -0.3 is 15.0 Å². The summed E-state index contributed by atoms with van der Waals surface area (Å²) in [6.07, 6.45) is -2.33. The summed E-state index contributed by atoms with van der Waals surface area (Å²) in [5.41, 5.74) is 0.827. The Balaban J connectivity index is 0.00000242. The van der Waals surface area contributed by atoms with E-state index in [1.54, 1.807) is 6.07 Å². The van der Waals surface area contributed by atoms with Crippen LogP contribution in [0.5, 0.6) is 5.75 Å². The zero-order valence-corrected chi connectivity index (χ0v) is 13.3. The van der Waals surface area contributed by atoms with Crippen molar-refractivity contribution in [1.82, 2.24) is 10.2 Å². The standard InChI is InChI=1S/C15H21F3N2O.ClH/c1-20(10-12-5-7-19-8-6-12)11-13-3-2-4-14(9-13)21-15(16,17)18;/h2-4,9,12,19H,5-8,10-11H2,1H3;1H. The molecular weight excluding hydrogens is 317 g/mol. The van der Waals surface area contributed by atoms with E-state index in [-0.39, 0.29) is 18.2 Å². The second-order valence-corrected chi connectivity index (χ2v) is 5.59. The highest BCUT2D eigenvalue weighted by Gasteiger charge is 2.31. The lowest BCUT2D eigenvalue weighted by molar-refractivity contribution is -0.274. The molecule has 1 heterocycles. The molecule has 1 saturated heterocycles. The van der Waals surface area contributed by atoms with Crippen LogP contribution in [0.3, 0.4) is 0 Å². The molecule has 0 aliphatic carbocycles. The molecule has 0 unspecified atom stereocenters. The zero-order valence-electron chi connectivity index (χ0n) is 12.5. The molecule has 0 radical (unpaired) electrons. The van der Waals surface area contributed by atoms with Gasteiger partial charge in [-0.25, -0.2) is 0 Å². The summed E-state index contributed by atoms with van der Waals surface area (Å²) in [5, 5.41) is 3.33. The van der Waals surface area contributed by atoms with E-state index < -0.39 is 6.36 Å². The van der Waals surface area contributed by atoms with Gasteiger partial charge in [0.25, 0.3) is 0 Å². The minimum atomic E-state index is -4.64. The minimum absolute atomic E-state index is 0. The number of nitrogens with zero attached hydrogens (tertiary/aromatic N) is 1. The number of nitrogens with one attached hydrogen (secondary N) is 1. The maximum absolute atomic E-state index is 12.2. The molecule has 0 aromatic heterocycles. The molecule has 1 fully saturated rings. The lowest BCUT2D eigenvalue weighted by Crippen LogP contribution is -2.34. The summed E-state index contributed by atoms with van der Waals surface area (Å²) in [4.78, 5) is 2.16. The van der Waals surface area contributed by atoms with E-state index in [4.69, 9.17) is 0 Å². The second-order valence-electron chi connectivity index (χ2n) is 5.59. The number of alkyl halides is 3. The van der Waals surface area contributed by atoms with Crippen molar-refractivity contribution < 1.29 is 17.9 Å². The first-order valence-electron chi connectivity index (χ1n) is 7.16. The molecule has 1 aromatic rings. The van der Waals surface area contributed by atoms with Gasteiger partial charge in [0.15, 0.2) is 0 Å². The van der Waals surface area contributed by atoms with E-state index in [1.165, 1.54) is 12.1 Å². The van der Waals surface area contributed by atoms with Gasteiger partial charge in [-0.1, -0.05) is 12.1 Å². The predicted molar refractivity (Wildman–Crippen MR) is 82.3 cm³/mol. The molecule has 0 bridgehead atoms. The number of rotatable bonds is 5. The maximum Gasteiger partial charge on any atom is 0.573 e. The van der Waals surface area contributed by atoms with Crippen LogP contribution < -0.4 is 10.1 Å². The minimum Gasteiger partial charge on any atom is -0.406 e. The first kappa shape index (κ1) is 19.1. The Morgan fingerprint density at radius 3 is 2.59 bits per heavy atom. The van der Waals surface area contributed by atoms with Crippen LogP contribution in [0.25, 0.3) is 0 Å². The van der Waals surface area contributed by atoms with Crippen molar-refractivity contribution in [3.63, 3.8) is 0 Å². The van der Waals surface area contributed by atoms with Gasteiger partial charge in [-0.15, -0.1) is 25.6 Å². The van der Waals surface area contributed by atoms with E-state index in [9.17, 15) is 13.2 Å². The van der Waals surface area contributed by atoms with Crippen LogP contribution in [-0.4, -0.2) is 37.9 Å². The number of halogens is 4.